The van der Waals surface area contributed by atoms with Gasteiger partial charge < -0.3 is 5.32 Å². The molecule has 2 aliphatic carbocycles. The molecule has 4 aromatic rings. The van der Waals surface area contributed by atoms with Gasteiger partial charge in [-0.15, -0.1) is 0 Å². The van der Waals surface area contributed by atoms with Crippen LogP contribution in [0.3, 0.4) is 0 Å². The number of pyridine rings is 1. The largest absolute Gasteiger partial charge is 0.360 e. The molecule has 2 fully saturated rings. The molecule has 2 saturated carbocycles. The van der Waals surface area contributed by atoms with Crippen molar-refractivity contribution < 1.29 is 4.21 Å². The minimum atomic E-state index is -1.30. The van der Waals surface area contributed by atoms with E-state index < -0.39 is 11.0 Å². The molecule has 0 spiro atoms. The summed E-state index contributed by atoms with van der Waals surface area (Å²) in [6.45, 7) is 4.31. The molecule has 2 atom stereocenters. The van der Waals surface area contributed by atoms with Crippen molar-refractivity contribution in [3.63, 3.8) is 0 Å². The first-order valence-corrected chi connectivity index (χ1v) is 14.0. The quantitative estimate of drug-likeness (QED) is 0.333. The lowest BCUT2D eigenvalue weighted by molar-refractivity contribution is 0.482. The van der Waals surface area contributed by atoms with E-state index in [0.717, 1.165) is 42.6 Å². The average molecular weight is 532 g/mol. The third-order valence-electron chi connectivity index (χ3n) is 7.23. The van der Waals surface area contributed by atoms with Crippen LogP contribution in [0.15, 0.2) is 40.5 Å². The van der Waals surface area contributed by atoms with Crippen molar-refractivity contribution in [2.24, 2.45) is 5.92 Å². The Morgan fingerprint density at radius 3 is 2.58 bits per heavy atom. The molecule has 2 unspecified atom stereocenters. The summed E-state index contributed by atoms with van der Waals surface area (Å²) in [7, 11) is 0.319. The number of aromatic nitrogens is 7. The molecule has 6 rings (SSSR count). The van der Waals surface area contributed by atoms with E-state index in [-0.39, 0.29) is 17.4 Å². The van der Waals surface area contributed by atoms with Crippen LogP contribution in [-0.2, 0) is 17.5 Å². The molecule has 38 heavy (non-hydrogen) atoms. The van der Waals surface area contributed by atoms with Crippen molar-refractivity contribution in [2.75, 3.05) is 12.4 Å². The van der Waals surface area contributed by atoms with Crippen LogP contribution < -0.4 is 15.6 Å². The van der Waals surface area contributed by atoms with E-state index >= 15 is 0 Å². The summed E-state index contributed by atoms with van der Waals surface area (Å²) < 4.78 is 16.3. The molecule has 0 saturated heterocycles. The van der Waals surface area contributed by atoms with Gasteiger partial charge in [0.1, 0.15) is 22.8 Å². The van der Waals surface area contributed by atoms with Crippen molar-refractivity contribution in [1.82, 2.24) is 39.2 Å². The Morgan fingerprint density at radius 2 is 1.89 bits per heavy atom. The third kappa shape index (κ3) is 4.69. The Labute approximate surface area is 222 Å². The molecule has 11 nitrogen and oxygen atoms in total. The van der Waals surface area contributed by atoms with E-state index in [2.05, 4.69) is 41.9 Å². The molecule has 0 radical (unpaired) electrons. The van der Waals surface area contributed by atoms with Gasteiger partial charge in [-0.1, -0.05) is 0 Å². The number of fused-ring (bicyclic) bond motifs is 1. The van der Waals surface area contributed by atoms with Crippen LogP contribution in [0.1, 0.15) is 61.6 Å². The van der Waals surface area contributed by atoms with Gasteiger partial charge in [-0.3, -0.25) is 14.3 Å². The fourth-order valence-corrected chi connectivity index (χ4v) is 5.33. The second-order valence-corrected chi connectivity index (χ2v) is 11.3. The maximum absolute atomic E-state index is 13.7. The number of anilines is 1. The van der Waals surface area contributed by atoms with E-state index in [1.807, 2.05) is 6.92 Å². The van der Waals surface area contributed by atoms with Crippen molar-refractivity contribution in [3.05, 3.63) is 58.3 Å². The molecule has 2 N–H and O–H groups in total. The number of nitrogens with zero attached hydrogens (tertiary/aromatic N) is 7. The molecule has 4 heterocycles. The number of rotatable bonds is 9. The summed E-state index contributed by atoms with van der Waals surface area (Å²) in [4.78, 5) is 41.8. The SMILES string of the molecule is CNS(=O)c1ccc(CNc2nc3cnc(-c4c(C)ncnc4C4CC4)nc3n(C(C)C3CC3)c2=O)nc1. The van der Waals surface area contributed by atoms with Crippen LogP contribution in [0.25, 0.3) is 22.6 Å². The zero-order valence-corrected chi connectivity index (χ0v) is 22.3. The summed E-state index contributed by atoms with van der Waals surface area (Å²) in [6.07, 6.45) is 9.21. The highest BCUT2D eigenvalue weighted by molar-refractivity contribution is 7.83. The van der Waals surface area contributed by atoms with Gasteiger partial charge in [0, 0.05) is 18.2 Å². The van der Waals surface area contributed by atoms with Gasteiger partial charge in [-0.05, 0) is 64.6 Å². The average Bonchev–Trinajstić information content (AvgIpc) is 3.84. The van der Waals surface area contributed by atoms with E-state index in [1.54, 1.807) is 42.5 Å². The summed E-state index contributed by atoms with van der Waals surface area (Å²) in [5.41, 5.74) is 4.19. The van der Waals surface area contributed by atoms with Crippen LogP contribution in [-0.4, -0.2) is 45.7 Å². The molecule has 4 aromatic heterocycles. The molecular weight excluding hydrogens is 502 g/mol. The van der Waals surface area contributed by atoms with Gasteiger partial charge in [0.15, 0.2) is 17.3 Å². The van der Waals surface area contributed by atoms with Gasteiger partial charge >= 0.3 is 0 Å². The van der Waals surface area contributed by atoms with Crippen LogP contribution >= 0.6 is 0 Å². The lowest BCUT2D eigenvalue weighted by Crippen LogP contribution is -2.29. The number of nitrogens with one attached hydrogen (secondary N) is 2. The molecule has 0 aromatic carbocycles. The highest BCUT2D eigenvalue weighted by atomic mass is 32.2. The number of hydrogen-bond acceptors (Lipinski definition) is 9. The summed E-state index contributed by atoms with van der Waals surface area (Å²) in [6, 6.07) is 3.50. The predicted molar refractivity (Wildman–Crippen MR) is 144 cm³/mol. The van der Waals surface area contributed by atoms with Crippen LogP contribution in [0, 0.1) is 12.8 Å². The van der Waals surface area contributed by atoms with Crippen molar-refractivity contribution >= 4 is 28.0 Å². The molecule has 12 heteroatoms. The normalized spacial score (nSPS) is 16.9. The van der Waals surface area contributed by atoms with Crippen molar-refractivity contribution in [3.8, 4) is 11.4 Å². The maximum atomic E-state index is 13.7. The highest BCUT2D eigenvalue weighted by Crippen LogP contribution is 2.43. The van der Waals surface area contributed by atoms with Gasteiger partial charge in [0.25, 0.3) is 5.56 Å². The number of hydrogen-bond donors (Lipinski definition) is 2. The topological polar surface area (TPSA) is 140 Å². The molecule has 0 amide bonds. The molecule has 0 bridgehead atoms. The molecule has 196 valence electrons. The fraction of sp³-hybridized carbons (Fsp3) is 0.423. The van der Waals surface area contributed by atoms with Crippen molar-refractivity contribution in [2.45, 2.75) is 62.9 Å². The standard InChI is InChI=1S/C26H29N9O2S/c1-14-21(22(17-6-7-17)32-13-31-14)23-30-12-20-25(34-23)35(15(2)16-4-5-16)26(36)24(33-20)29-10-18-8-9-19(11-28-18)38(37)27-3/h8-9,11-13,15-17,27H,4-7,10H2,1-3H3,(H,29,33). The van der Waals surface area contributed by atoms with E-state index in [0.29, 0.717) is 46.0 Å². The smallest absolute Gasteiger partial charge is 0.295 e. The Balaban J connectivity index is 1.39. The van der Waals surface area contributed by atoms with Crippen LogP contribution in [0.4, 0.5) is 5.82 Å². The monoisotopic (exact) mass is 531 g/mol. The van der Waals surface area contributed by atoms with Crippen LogP contribution in [0.2, 0.25) is 0 Å². The van der Waals surface area contributed by atoms with Crippen molar-refractivity contribution in [1.29, 1.82) is 0 Å². The summed E-state index contributed by atoms with van der Waals surface area (Å²) >= 11 is 0. The molecule has 0 aliphatic heterocycles. The Hall–Kier alpha value is -3.64. The zero-order valence-electron chi connectivity index (χ0n) is 21.5. The van der Waals surface area contributed by atoms with Gasteiger partial charge in [-0.25, -0.2) is 33.9 Å². The Kier molecular flexibility index (Phi) is 6.44. The Bertz CT molecular complexity index is 1600. The minimum absolute atomic E-state index is 0.0266. The van der Waals surface area contributed by atoms with E-state index in [9.17, 15) is 9.00 Å². The maximum Gasteiger partial charge on any atom is 0.295 e. The molecular formula is C26H29N9O2S. The Morgan fingerprint density at radius 1 is 1.08 bits per heavy atom. The lowest BCUT2D eigenvalue weighted by Gasteiger charge is -2.19. The minimum Gasteiger partial charge on any atom is -0.360 e. The van der Waals surface area contributed by atoms with Crippen LogP contribution in [0.5, 0.6) is 0 Å². The summed E-state index contributed by atoms with van der Waals surface area (Å²) in [5, 5.41) is 3.15. The van der Waals surface area contributed by atoms with Gasteiger partial charge in [0.2, 0.25) is 0 Å². The zero-order chi connectivity index (χ0) is 26.4. The fourth-order valence-electron chi connectivity index (χ4n) is 4.76. The second kappa shape index (κ2) is 9.91. The highest BCUT2D eigenvalue weighted by Gasteiger charge is 2.33. The third-order valence-corrected chi connectivity index (χ3v) is 8.27. The first-order valence-electron chi connectivity index (χ1n) is 12.8. The first kappa shape index (κ1) is 24.7. The van der Waals surface area contributed by atoms with E-state index in [1.165, 1.54) is 0 Å². The predicted octanol–water partition coefficient (Wildman–Crippen LogP) is 3.05. The van der Waals surface area contributed by atoms with E-state index in [4.69, 9.17) is 4.98 Å². The van der Waals surface area contributed by atoms with Gasteiger partial charge in [0.05, 0.1) is 40.3 Å². The number of aryl methyl sites for hydroxylation is 1. The summed E-state index contributed by atoms with van der Waals surface area (Å²) in [5.74, 6) is 1.59. The van der Waals surface area contributed by atoms with Gasteiger partial charge in [-0.2, -0.15) is 0 Å². The molecule has 2 aliphatic rings. The lowest BCUT2D eigenvalue weighted by atomic mass is 10.1. The first-order chi connectivity index (χ1) is 18.4. The second-order valence-electron chi connectivity index (χ2n) is 9.92.